The van der Waals surface area contributed by atoms with Gasteiger partial charge in [0, 0.05) is 18.7 Å². The van der Waals surface area contributed by atoms with Crippen LogP contribution < -0.4 is 5.32 Å². The van der Waals surface area contributed by atoms with Crippen LogP contribution in [0.15, 0.2) is 18.2 Å². The number of hydrogen-bond acceptors (Lipinski definition) is 2. The Kier molecular flexibility index (Phi) is 5.42. The molecule has 0 bridgehead atoms. The number of nitrogens with one attached hydrogen (secondary N) is 1. The Hall–Kier alpha value is -1.09. The van der Waals surface area contributed by atoms with Crippen molar-refractivity contribution < 1.29 is 9.50 Å². The molecule has 0 fully saturated rings. The molecule has 0 aromatic heterocycles. The van der Waals surface area contributed by atoms with E-state index in [0.29, 0.717) is 18.5 Å². The molecule has 0 saturated heterocycles. The second-order valence-corrected chi connectivity index (χ2v) is 5.07. The van der Waals surface area contributed by atoms with Gasteiger partial charge in [0.05, 0.1) is 0 Å². The van der Waals surface area contributed by atoms with Gasteiger partial charge in [0.15, 0.2) is 0 Å². The Bertz CT molecular complexity index is 332. The highest BCUT2D eigenvalue weighted by Crippen LogP contribution is 2.15. The molecule has 1 aromatic rings. The molecule has 2 N–H and O–H groups in total. The first kappa shape index (κ1) is 14.0. The lowest BCUT2D eigenvalue weighted by Crippen LogP contribution is -2.25. The molecule has 0 amide bonds. The van der Waals surface area contributed by atoms with Crippen LogP contribution in [0.2, 0.25) is 0 Å². The molecule has 0 radical (unpaired) electrons. The van der Waals surface area contributed by atoms with Crippen molar-refractivity contribution in [1.82, 2.24) is 5.32 Å². The summed E-state index contributed by atoms with van der Waals surface area (Å²) in [5.74, 6) is 0.297. The monoisotopic (exact) mass is 239 g/mol. The van der Waals surface area contributed by atoms with Gasteiger partial charge in [-0.3, -0.25) is 0 Å². The summed E-state index contributed by atoms with van der Waals surface area (Å²) in [6.07, 6.45) is 2.29. The molecule has 1 rings (SSSR count). The van der Waals surface area contributed by atoms with Crippen molar-refractivity contribution in [3.63, 3.8) is 0 Å². The normalized spacial score (nSPS) is 13.0. The Morgan fingerprint density at radius 1 is 1.18 bits per heavy atom. The fraction of sp³-hybridized carbons (Fsp3) is 0.571. The summed E-state index contributed by atoms with van der Waals surface area (Å²) in [7, 11) is 0. The molecule has 17 heavy (non-hydrogen) atoms. The van der Waals surface area contributed by atoms with Gasteiger partial charge < -0.3 is 10.4 Å². The smallest absolute Gasteiger partial charge is 0.127 e. The van der Waals surface area contributed by atoms with Crippen molar-refractivity contribution in [3.05, 3.63) is 29.6 Å². The van der Waals surface area contributed by atoms with Crippen molar-refractivity contribution in [3.8, 4) is 5.75 Å². The lowest BCUT2D eigenvalue weighted by Gasteiger charge is -2.15. The minimum absolute atomic E-state index is 0.0170. The summed E-state index contributed by atoms with van der Waals surface area (Å²) >= 11 is 0. The highest BCUT2D eigenvalue weighted by atomic mass is 19.1. The molecule has 0 aliphatic rings. The Balaban J connectivity index is 2.39. The number of phenolic OH excluding ortho intramolecular Hbond substituents is 1. The maximum Gasteiger partial charge on any atom is 0.127 e. The van der Waals surface area contributed by atoms with Gasteiger partial charge >= 0.3 is 0 Å². The van der Waals surface area contributed by atoms with Crippen LogP contribution >= 0.6 is 0 Å². The van der Waals surface area contributed by atoms with E-state index in [4.69, 9.17) is 0 Å². The minimum Gasteiger partial charge on any atom is -0.508 e. The second kappa shape index (κ2) is 6.60. The first-order valence-corrected chi connectivity index (χ1v) is 6.19. The van der Waals surface area contributed by atoms with E-state index in [1.54, 1.807) is 6.07 Å². The van der Waals surface area contributed by atoms with Gasteiger partial charge in [-0.1, -0.05) is 13.8 Å². The first-order chi connectivity index (χ1) is 7.97. The standard InChI is InChI=1S/C14H22FNO/c1-10(2)4-5-11(3)16-9-12-6-13(15)8-14(17)7-12/h6-8,10-11,16-17H,4-5,9H2,1-3H3. The van der Waals surface area contributed by atoms with Gasteiger partial charge in [-0.2, -0.15) is 0 Å². The van der Waals surface area contributed by atoms with Gasteiger partial charge in [0.25, 0.3) is 0 Å². The summed E-state index contributed by atoms with van der Waals surface area (Å²) in [6.45, 7) is 7.13. The van der Waals surface area contributed by atoms with E-state index in [2.05, 4.69) is 26.1 Å². The lowest BCUT2D eigenvalue weighted by atomic mass is 10.0. The van der Waals surface area contributed by atoms with Crippen molar-refractivity contribution in [2.75, 3.05) is 0 Å². The average molecular weight is 239 g/mol. The Morgan fingerprint density at radius 3 is 2.47 bits per heavy atom. The van der Waals surface area contributed by atoms with E-state index in [1.807, 2.05) is 0 Å². The summed E-state index contributed by atoms with van der Waals surface area (Å²) in [6, 6.07) is 4.56. The number of halogens is 1. The molecule has 1 unspecified atom stereocenters. The summed E-state index contributed by atoms with van der Waals surface area (Å²) < 4.78 is 13.0. The number of phenols is 1. The van der Waals surface area contributed by atoms with Crippen molar-refractivity contribution in [2.45, 2.75) is 46.2 Å². The van der Waals surface area contributed by atoms with Gasteiger partial charge in [-0.15, -0.1) is 0 Å². The molecular weight excluding hydrogens is 217 g/mol. The first-order valence-electron chi connectivity index (χ1n) is 6.19. The SMILES string of the molecule is CC(C)CCC(C)NCc1cc(O)cc(F)c1. The molecule has 0 heterocycles. The third-order valence-corrected chi connectivity index (χ3v) is 2.77. The summed E-state index contributed by atoms with van der Waals surface area (Å²) in [4.78, 5) is 0. The maximum atomic E-state index is 13.0. The quantitative estimate of drug-likeness (QED) is 0.797. The maximum absolute atomic E-state index is 13.0. The molecule has 1 atom stereocenters. The number of rotatable bonds is 6. The third kappa shape index (κ3) is 5.68. The highest BCUT2D eigenvalue weighted by molar-refractivity contribution is 5.28. The average Bonchev–Trinajstić information content (AvgIpc) is 2.22. The molecule has 2 nitrogen and oxygen atoms in total. The Labute approximate surface area is 103 Å². The third-order valence-electron chi connectivity index (χ3n) is 2.77. The van der Waals surface area contributed by atoms with E-state index in [0.717, 1.165) is 18.1 Å². The van der Waals surface area contributed by atoms with Crippen LogP contribution in [0.3, 0.4) is 0 Å². The zero-order valence-electron chi connectivity index (χ0n) is 10.8. The number of hydrogen-bond donors (Lipinski definition) is 2. The fourth-order valence-corrected chi connectivity index (χ4v) is 1.71. The largest absolute Gasteiger partial charge is 0.508 e. The molecule has 0 spiro atoms. The summed E-state index contributed by atoms with van der Waals surface area (Å²) in [5, 5.41) is 12.6. The zero-order chi connectivity index (χ0) is 12.8. The van der Waals surface area contributed by atoms with E-state index in [-0.39, 0.29) is 5.75 Å². The molecule has 3 heteroatoms. The van der Waals surface area contributed by atoms with Crippen molar-refractivity contribution in [2.24, 2.45) is 5.92 Å². The zero-order valence-corrected chi connectivity index (χ0v) is 10.8. The van der Waals surface area contributed by atoms with Crippen LogP contribution in [-0.4, -0.2) is 11.1 Å². The van der Waals surface area contributed by atoms with Crippen LogP contribution in [0.25, 0.3) is 0 Å². The lowest BCUT2D eigenvalue weighted by molar-refractivity contribution is 0.446. The highest BCUT2D eigenvalue weighted by Gasteiger charge is 2.05. The Morgan fingerprint density at radius 2 is 1.88 bits per heavy atom. The number of aromatic hydroxyl groups is 1. The van der Waals surface area contributed by atoms with Gasteiger partial charge in [0.1, 0.15) is 11.6 Å². The van der Waals surface area contributed by atoms with E-state index in [9.17, 15) is 9.50 Å². The van der Waals surface area contributed by atoms with Crippen LogP contribution in [-0.2, 0) is 6.54 Å². The van der Waals surface area contributed by atoms with Gasteiger partial charge in [-0.05, 0) is 43.4 Å². The minimum atomic E-state index is -0.392. The molecular formula is C14H22FNO. The molecule has 0 aliphatic carbocycles. The topological polar surface area (TPSA) is 32.3 Å². The molecule has 96 valence electrons. The van der Waals surface area contributed by atoms with Crippen molar-refractivity contribution in [1.29, 1.82) is 0 Å². The number of benzene rings is 1. The fourth-order valence-electron chi connectivity index (χ4n) is 1.71. The molecule has 1 aromatic carbocycles. The van der Waals surface area contributed by atoms with Gasteiger partial charge in [0.2, 0.25) is 0 Å². The van der Waals surface area contributed by atoms with E-state index in [1.165, 1.54) is 12.5 Å². The van der Waals surface area contributed by atoms with Crippen LogP contribution in [0.4, 0.5) is 4.39 Å². The van der Waals surface area contributed by atoms with Crippen LogP contribution in [0.5, 0.6) is 5.75 Å². The van der Waals surface area contributed by atoms with Gasteiger partial charge in [-0.25, -0.2) is 4.39 Å². The molecule has 0 aliphatic heterocycles. The van der Waals surface area contributed by atoms with Crippen LogP contribution in [0.1, 0.15) is 39.2 Å². The second-order valence-electron chi connectivity index (χ2n) is 5.07. The van der Waals surface area contributed by atoms with E-state index < -0.39 is 5.82 Å². The summed E-state index contributed by atoms with van der Waals surface area (Å²) in [5.41, 5.74) is 0.777. The molecule has 0 saturated carbocycles. The van der Waals surface area contributed by atoms with Crippen molar-refractivity contribution >= 4 is 0 Å². The predicted molar refractivity (Wildman–Crippen MR) is 68.4 cm³/mol. The van der Waals surface area contributed by atoms with E-state index >= 15 is 0 Å². The predicted octanol–water partition coefficient (Wildman–Crippen LogP) is 3.45. The van der Waals surface area contributed by atoms with Crippen LogP contribution in [0, 0.1) is 11.7 Å².